The number of rotatable bonds is 1. The van der Waals surface area contributed by atoms with Crippen molar-refractivity contribution in [3.63, 3.8) is 0 Å². The number of nitrogens with one attached hydrogen (secondary N) is 2. The van der Waals surface area contributed by atoms with E-state index in [1.807, 2.05) is 12.1 Å². The smallest absolute Gasteiger partial charge is 0.138 e. The zero-order valence-electron chi connectivity index (χ0n) is 13.6. The molecule has 4 heteroatoms. The molecule has 2 aliphatic rings. The first-order chi connectivity index (χ1) is 10.6. The van der Waals surface area contributed by atoms with Gasteiger partial charge >= 0.3 is 0 Å². The Hall–Kier alpha value is -2.07. The summed E-state index contributed by atoms with van der Waals surface area (Å²) in [6.45, 7) is 10.4. The van der Waals surface area contributed by atoms with Gasteiger partial charge in [-0.05, 0) is 32.9 Å². The van der Waals surface area contributed by atoms with Gasteiger partial charge in [0.05, 0.1) is 11.4 Å². The van der Waals surface area contributed by atoms with Crippen LogP contribution in [0.4, 0.5) is 11.4 Å². The maximum absolute atomic E-state index is 5.00. The van der Waals surface area contributed by atoms with Gasteiger partial charge < -0.3 is 15.5 Å². The highest BCUT2D eigenvalue weighted by atomic mass is 15.2. The van der Waals surface area contributed by atoms with Gasteiger partial charge in [-0.2, -0.15) is 0 Å². The van der Waals surface area contributed by atoms with Gasteiger partial charge in [0, 0.05) is 37.4 Å². The lowest BCUT2D eigenvalue weighted by Crippen LogP contribution is -2.47. The first-order valence-electron chi connectivity index (χ1n) is 7.92. The lowest BCUT2D eigenvalue weighted by atomic mass is 10.1. The van der Waals surface area contributed by atoms with Crippen LogP contribution in [0.15, 0.2) is 52.2 Å². The summed E-state index contributed by atoms with van der Waals surface area (Å²) in [6.07, 6.45) is 2.23. The van der Waals surface area contributed by atoms with E-state index in [0.717, 1.165) is 49.1 Å². The van der Waals surface area contributed by atoms with Crippen LogP contribution in [0.1, 0.15) is 20.8 Å². The first kappa shape index (κ1) is 14.9. The predicted molar refractivity (Wildman–Crippen MR) is 93.7 cm³/mol. The molecule has 116 valence electrons. The third kappa shape index (κ3) is 3.07. The Morgan fingerprint density at radius 2 is 1.91 bits per heavy atom. The van der Waals surface area contributed by atoms with E-state index in [0.29, 0.717) is 0 Å². The largest absolute Gasteiger partial charge is 0.357 e. The van der Waals surface area contributed by atoms with Crippen LogP contribution in [0.3, 0.4) is 0 Å². The van der Waals surface area contributed by atoms with E-state index in [2.05, 4.69) is 54.5 Å². The van der Waals surface area contributed by atoms with Gasteiger partial charge in [0.15, 0.2) is 0 Å². The molecule has 4 nitrogen and oxygen atoms in total. The average Bonchev–Trinajstić information content (AvgIpc) is 2.65. The molecule has 0 atom stereocenters. The molecule has 0 saturated carbocycles. The minimum absolute atomic E-state index is 0.994. The van der Waals surface area contributed by atoms with Crippen LogP contribution in [0.25, 0.3) is 0 Å². The monoisotopic (exact) mass is 296 g/mol. The Kier molecular flexibility index (Phi) is 4.29. The minimum atomic E-state index is 0.994. The topological polar surface area (TPSA) is 39.7 Å². The van der Waals surface area contributed by atoms with Crippen LogP contribution in [0, 0.1) is 0 Å². The predicted octanol–water partition coefficient (Wildman–Crippen LogP) is 3.29. The summed E-state index contributed by atoms with van der Waals surface area (Å²) in [6, 6.07) is 8.25. The molecule has 1 aromatic carbocycles. The van der Waals surface area contributed by atoms with Crippen molar-refractivity contribution in [2.24, 2.45) is 4.99 Å². The average molecular weight is 296 g/mol. The second-order valence-corrected chi connectivity index (χ2v) is 6.07. The molecule has 0 bridgehead atoms. The summed E-state index contributed by atoms with van der Waals surface area (Å²) < 4.78 is 0. The Morgan fingerprint density at radius 3 is 2.64 bits per heavy atom. The number of anilines is 1. The van der Waals surface area contributed by atoms with Crippen LogP contribution < -0.4 is 10.6 Å². The molecule has 1 aromatic rings. The van der Waals surface area contributed by atoms with E-state index in [-0.39, 0.29) is 0 Å². The fraction of sp³-hybridized carbons (Fsp3) is 0.389. The number of fused-ring (bicyclic) bond motifs is 1. The Bertz CT molecular complexity index is 645. The van der Waals surface area contributed by atoms with E-state index in [4.69, 9.17) is 4.99 Å². The first-order valence-corrected chi connectivity index (χ1v) is 7.92. The van der Waals surface area contributed by atoms with Crippen molar-refractivity contribution in [1.29, 1.82) is 0 Å². The molecule has 0 radical (unpaired) electrons. The summed E-state index contributed by atoms with van der Waals surface area (Å²) in [5.41, 5.74) is 5.71. The molecular weight excluding hydrogens is 272 g/mol. The molecule has 2 heterocycles. The highest BCUT2D eigenvalue weighted by molar-refractivity contribution is 6.05. The summed E-state index contributed by atoms with van der Waals surface area (Å²) in [5, 5.41) is 6.94. The molecule has 0 spiro atoms. The van der Waals surface area contributed by atoms with Crippen LogP contribution in [-0.4, -0.2) is 36.9 Å². The normalized spacial score (nSPS) is 18.1. The molecule has 0 aromatic heterocycles. The van der Waals surface area contributed by atoms with E-state index in [1.165, 1.54) is 11.1 Å². The molecule has 0 unspecified atom stereocenters. The highest BCUT2D eigenvalue weighted by Gasteiger charge is 2.22. The van der Waals surface area contributed by atoms with Crippen molar-refractivity contribution in [2.45, 2.75) is 20.8 Å². The van der Waals surface area contributed by atoms with Gasteiger partial charge in [-0.25, -0.2) is 4.99 Å². The quantitative estimate of drug-likeness (QED) is 0.835. The fourth-order valence-corrected chi connectivity index (χ4v) is 2.87. The zero-order valence-corrected chi connectivity index (χ0v) is 13.6. The molecule has 3 rings (SSSR count). The maximum atomic E-state index is 5.00. The SMILES string of the molecule is CC(C)=CC1=C(C)Nc2ccccc2N=C1N1CCNCC1. The van der Waals surface area contributed by atoms with E-state index in [1.54, 1.807) is 0 Å². The number of piperazine rings is 1. The molecule has 2 aliphatic heterocycles. The third-order valence-electron chi connectivity index (χ3n) is 3.95. The van der Waals surface area contributed by atoms with Crippen LogP contribution in [0.5, 0.6) is 0 Å². The number of hydrogen-bond acceptors (Lipinski definition) is 4. The molecule has 0 amide bonds. The Morgan fingerprint density at radius 1 is 1.18 bits per heavy atom. The summed E-state index contributed by atoms with van der Waals surface area (Å²) in [4.78, 5) is 7.38. The van der Waals surface area contributed by atoms with Gasteiger partial charge in [-0.3, -0.25) is 0 Å². The number of aliphatic imine (C=N–C) groups is 1. The van der Waals surface area contributed by atoms with Gasteiger partial charge in [-0.1, -0.05) is 23.8 Å². The van der Waals surface area contributed by atoms with Gasteiger partial charge in [0.25, 0.3) is 0 Å². The highest BCUT2D eigenvalue weighted by Crippen LogP contribution is 2.31. The molecule has 1 fully saturated rings. The Balaban J connectivity index is 2.11. The molecule has 2 N–H and O–H groups in total. The second kappa shape index (κ2) is 6.36. The number of nitrogens with zero attached hydrogens (tertiary/aromatic N) is 2. The van der Waals surface area contributed by atoms with Crippen LogP contribution >= 0.6 is 0 Å². The number of hydrogen-bond donors (Lipinski definition) is 2. The van der Waals surface area contributed by atoms with Gasteiger partial charge in [-0.15, -0.1) is 0 Å². The van der Waals surface area contributed by atoms with Crippen LogP contribution in [-0.2, 0) is 0 Å². The minimum Gasteiger partial charge on any atom is -0.357 e. The molecular formula is C18H24N4. The van der Waals surface area contributed by atoms with E-state index >= 15 is 0 Å². The second-order valence-electron chi connectivity index (χ2n) is 6.07. The van der Waals surface area contributed by atoms with Crippen molar-refractivity contribution in [2.75, 3.05) is 31.5 Å². The third-order valence-corrected chi connectivity index (χ3v) is 3.95. The lowest BCUT2D eigenvalue weighted by molar-refractivity contribution is 0.358. The van der Waals surface area contributed by atoms with E-state index < -0.39 is 0 Å². The van der Waals surface area contributed by atoms with Crippen molar-refractivity contribution >= 4 is 17.2 Å². The molecule has 1 saturated heterocycles. The number of benzene rings is 1. The fourth-order valence-electron chi connectivity index (χ4n) is 2.87. The van der Waals surface area contributed by atoms with Crippen LogP contribution in [0.2, 0.25) is 0 Å². The van der Waals surface area contributed by atoms with Crippen molar-refractivity contribution in [3.8, 4) is 0 Å². The van der Waals surface area contributed by atoms with Gasteiger partial charge in [0.2, 0.25) is 0 Å². The van der Waals surface area contributed by atoms with Crippen molar-refractivity contribution in [3.05, 3.63) is 47.2 Å². The summed E-state index contributed by atoms with van der Waals surface area (Å²) in [5.74, 6) is 1.08. The number of allylic oxidation sites excluding steroid dienone is 2. The summed E-state index contributed by atoms with van der Waals surface area (Å²) in [7, 11) is 0. The molecule has 22 heavy (non-hydrogen) atoms. The zero-order chi connectivity index (χ0) is 15.5. The van der Waals surface area contributed by atoms with Crippen molar-refractivity contribution < 1.29 is 0 Å². The standard InChI is InChI=1S/C18H24N4/c1-13(2)12-15-14(3)20-16-6-4-5-7-17(16)21-18(15)22-10-8-19-9-11-22/h4-7,12,19-20H,8-11H2,1-3H3. The maximum Gasteiger partial charge on any atom is 0.138 e. The number of amidine groups is 1. The number of para-hydroxylation sites is 2. The van der Waals surface area contributed by atoms with Crippen molar-refractivity contribution in [1.82, 2.24) is 10.2 Å². The lowest BCUT2D eigenvalue weighted by Gasteiger charge is -2.31. The van der Waals surface area contributed by atoms with E-state index in [9.17, 15) is 0 Å². The van der Waals surface area contributed by atoms with Gasteiger partial charge in [0.1, 0.15) is 5.84 Å². The molecule has 0 aliphatic carbocycles. The summed E-state index contributed by atoms with van der Waals surface area (Å²) >= 11 is 0. The Labute approximate surface area is 132 Å².